The molecule has 0 radical (unpaired) electrons. The highest BCUT2D eigenvalue weighted by Crippen LogP contribution is 2.29. The van der Waals surface area contributed by atoms with E-state index in [1.54, 1.807) is 16.8 Å². The van der Waals surface area contributed by atoms with Crippen LogP contribution in [0.4, 0.5) is 11.5 Å². The Kier molecular flexibility index (Phi) is 4.33. The van der Waals surface area contributed by atoms with Crippen LogP contribution in [0.15, 0.2) is 59.5 Å². The highest BCUT2D eigenvalue weighted by molar-refractivity contribution is 7.89. The van der Waals surface area contributed by atoms with Crippen molar-refractivity contribution < 1.29 is 8.42 Å². The van der Waals surface area contributed by atoms with Gasteiger partial charge in [-0.3, -0.25) is 4.68 Å². The smallest absolute Gasteiger partial charge is 0.238 e. The first-order valence-corrected chi connectivity index (χ1v) is 10.0. The molecular formula is C19H18N6O2S. The van der Waals surface area contributed by atoms with Crippen molar-refractivity contribution in [3.8, 4) is 11.4 Å². The first-order chi connectivity index (χ1) is 13.3. The van der Waals surface area contributed by atoms with E-state index in [1.165, 1.54) is 12.1 Å². The fraction of sp³-hybridized carbons (Fsp3) is 0.105. The fourth-order valence-corrected chi connectivity index (χ4v) is 3.52. The molecule has 2 aromatic heterocycles. The number of hydrogen-bond acceptors (Lipinski definition) is 6. The Balaban J connectivity index is 1.83. The molecule has 2 aromatic carbocycles. The van der Waals surface area contributed by atoms with Crippen LogP contribution in [0.25, 0.3) is 22.4 Å². The second-order valence-electron chi connectivity index (χ2n) is 6.36. The second-order valence-corrected chi connectivity index (χ2v) is 7.92. The van der Waals surface area contributed by atoms with Gasteiger partial charge in [-0.25, -0.2) is 23.5 Å². The van der Waals surface area contributed by atoms with E-state index in [1.807, 2.05) is 44.3 Å². The Morgan fingerprint density at radius 2 is 1.68 bits per heavy atom. The number of nitrogens with one attached hydrogen (secondary N) is 1. The molecule has 0 fully saturated rings. The molecule has 4 aromatic rings. The number of nitrogens with zero attached hydrogens (tertiary/aromatic N) is 4. The summed E-state index contributed by atoms with van der Waals surface area (Å²) in [5, 5.41) is 12.9. The highest BCUT2D eigenvalue weighted by atomic mass is 32.2. The van der Waals surface area contributed by atoms with E-state index in [0.29, 0.717) is 17.3 Å². The van der Waals surface area contributed by atoms with Crippen LogP contribution in [-0.4, -0.2) is 28.2 Å². The van der Waals surface area contributed by atoms with Crippen LogP contribution in [0.2, 0.25) is 0 Å². The van der Waals surface area contributed by atoms with Gasteiger partial charge in [0.2, 0.25) is 10.0 Å². The number of benzene rings is 2. The number of aryl methyl sites for hydroxylation is 2. The molecule has 0 aliphatic carbocycles. The van der Waals surface area contributed by atoms with Crippen LogP contribution in [0.1, 0.15) is 5.69 Å². The van der Waals surface area contributed by atoms with Crippen molar-refractivity contribution in [2.45, 2.75) is 11.8 Å². The van der Waals surface area contributed by atoms with Gasteiger partial charge in [0.15, 0.2) is 11.6 Å². The van der Waals surface area contributed by atoms with Crippen molar-refractivity contribution >= 4 is 32.6 Å². The van der Waals surface area contributed by atoms with E-state index < -0.39 is 10.0 Å². The molecule has 2 heterocycles. The number of nitrogens with two attached hydrogens (primary N) is 1. The molecule has 142 valence electrons. The lowest BCUT2D eigenvalue weighted by Crippen LogP contribution is -2.11. The topological polar surface area (TPSA) is 116 Å². The van der Waals surface area contributed by atoms with Gasteiger partial charge in [-0.15, -0.1) is 0 Å². The number of sulfonamides is 1. The Morgan fingerprint density at radius 1 is 1.00 bits per heavy atom. The number of fused-ring (bicyclic) bond motifs is 1. The molecule has 0 aliphatic heterocycles. The summed E-state index contributed by atoms with van der Waals surface area (Å²) < 4.78 is 24.6. The maximum Gasteiger partial charge on any atom is 0.238 e. The minimum absolute atomic E-state index is 0.0484. The first kappa shape index (κ1) is 18.1. The number of primary sulfonamides is 1. The lowest BCUT2D eigenvalue weighted by Gasteiger charge is -2.10. The standard InChI is InChI=1S/C19H18N6O2S/c1-12-16-17(25(2)24-12)19(23-18(22-16)13-6-4-3-5-7-13)21-14-8-10-15(11-9-14)28(20,26)27/h3-11H,1-2H3,(H2,20,26,27)(H,21,22,23). The molecule has 0 amide bonds. The molecule has 0 aliphatic rings. The first-order valence-electron chi connectivity index (χ1n) is 8.49. The van der Waals surface area contributed by atoms with E-state index >= 15 is 0 Å². The van der Waals surface area contributed by atoms with Gasteiger partial charge in [0, 0.05) is 18.3 Å². The van der Waals surface area contributed by atoms with Crippen molar-refractivity contribution in [3.63, 3.8) is 0 Å². The van der Waals surface area contributed by atoms with Crippen molar-refractivity contribution in [2.24, 2.45) is 12.2 Å². The van der Waals surface area contributed by atoms with E-state index in [0.717, 1.165) is 22.3 Å². The summed E-state index contributed by atoms with van der Waals surface area (Å²) in [6.45, 7) is 1.90. The van der Waals surface area contributed by atoms with E-state index in [-0.39, 0.29) is 4.90 Å². The zero-order valence-electron chi connectivity index (χ0n) is 15.3. The number of hydrogen-bond donors (Lipinski definition) is 2. The maximum atomic E-state index is 11.5. The van der Waals surface area contributed by atoms with Gasteiger partial charge in [0.05, 0.1) is 10.6 Å². The molecule has 0 spiro atoms. The molecule has 0 saturated carbocycles. The molecule has 0 unspecified atom stereocenters. The molecule has 9 heteroatoms. The lowest BCUT2D eigenvalue weighted by atomic mass is 10.2. The lowest BCUT2D eigenvalue weighted by molar-refractivity contribution is 0.598. The number of aromatic nitrogens is 4. The van der Waals surface area contributed by atoms with Gasteiger partial charge in [0.25, 0.3) is 0 Å². The number of rotatable bonds is 4. The van der Waals surface area contributed by atoms with Gasteiger partial charge in [-0.05, 0) is 31.2 Å². The number of anilines is 2. The van der Waals surface area contributed by atoms with Gasteiger partial charge in [-0.1, -0.05) is 30.3 Å². The van der Waals surface area contributed by atoms with Crippen LogP contribution in [0.5, 0.6) is 0 Å². The molecule has 28 heavy (non-hydrogen) atoms. The Bertz CT molecular complexity index is 1270. The van der Waals surface area contributed by atoms with Gasteiger partial charge in [-0.2, -0.15) is 5.10 Å². The third-order valence-corrected chi connectivity index (χ3v) is 5.26. The van der Waals surface area contributed by atoms with Gasteiger partial charge >= 0.3 is 0 Å². The molecule has 3 N–H and O–H groups in total. The average Bonchev–Trinajstić information content (AvgIpc) is 2.96. The van der Waals surface area contributed by atoms with Crippen LogP contribution in [0.3, 0.4) is 0 Å². The van der Waals surface area contributed by atoms with Crippen molar-refractivity contribution in [1.82, 2.24) is 19.7 Å². The van der Waals surface area contributed by atoms with Crippen LogP contribution < -0.4 is 10.5 Å². The van der Waals surface area contributed by atoms with Crippen molar-refractivity contribution in [1.29, 1.82) is 0 Å². The summed E-state index contributed by atoms with van der Waals surface area (Å²) in [6, 6.07) is 15.8. The largest absolute Gasteiger partial charge is 0.338 e. The van der Waals surface area contributed by atoms with Crippen molar-refractivity contribution in [2.75, 3.05) is 5.32 Å². The molecule has 8 nitrogen and oxygen atoms in total. The van der Waals surface area contributed by atoms with Crippen LogP contribution in [-0.2, 0) is 17.1 Å². The monoisotopic (exact) mass is 394 g/mol. The van der Waals surface area contributed by atoms with Crippen LogP contribution >= 0.6 is 0 Å². The van der Waals surface area contributed by atoms with E-state index in [4.69, 9.17) is 5.14 Å². The van der Waals surface area contributed by atoms with Crippen LogP contribution in [0, 0.1) is 6.92 Å². The zero-order chi connectivity index (χ0) is 19.9. The normalized spacial score (nSPS) is 11.7. The summed E-state index contributed by atoms with van der Waals surface area (Å²) in [5.74, 6) is 1.16. The van der Waals surface area contributed by atoms with Crippen molar-refractivity contribution in [3.05, 3.63) is 60.3 Å². The summed E-state index contributed by atoms with van der Waals surface area (Å²) >= 11 is 0. The predicted molar refractivity (Wildman–Crippen MR) is 108 cm³/mol. The Hall–Kier alpha value is -3.30. The molecule has 4 rings (SSSR count). The molecule has 0 saturated heterocycles. The third kappa shape index (κ3) is 3.32. The summed E-state index contributed by atoms with van der Waals surface area (Å²) in [7, 11) is -1.91. The Morgan fingerprint density at radius 3 is 2.32 bits per heavy atom. The SMILES string of the molecule is Cc1nn(C)c2c(Nc3ccc(S(N)(=O)=O)cc3)nc(-c3ccccc3)nc12. The highest BCUT2D eigenvalue weighted by Gasteiger charge is 2.16. The summed E-state index contributed by atoms with van der Waals surface area (Å²) in [6.07, 6.45) is 0. The summed E-state index contributed by atoms with van der Waals surface area (Å²) in [4.78, 5) is 9.42. The second kappa shape index (κ2) is 6.70. The summed E-state index contributed by atoms with van der Waals surface area (Å²) in [5.41, 5.74) is 3.86. The van der Waals surface area contributed by atoms with Gasteiger partial charge in [0.1, 0.15) is 11.0 Å². The Labute approximate surface area is 162 Å². The quantitative estimate of drug-likeness (QED) is 0.550. The fourth-order valence-electron chi connectivity index (χ4n) is 3.00. The molecular weight excluding hydrogens is 376 g/mol. The zero-order valence-corrected chi connectivity index (χ0v) is 16.1. The van der Waals surface area contributed by atoms with Gasteiger partial charge < -0.3 is 5.32 Å². The maximum absolute atomic E-state index is 11.5. The third-order valence-electron chi connectivity index (χ3n) is 4.33. The minimum atomic E-state index is -3.74. The van der Waals surface area contributed by atoms with E-state index in [2.05, 4.69) is 20.4 Å². The predicted octanol–water partition coefficient (Wildman–Crippen LogP) is 2.73. The average molecular weight is 394 g/mol. The van der Waals surface area contributed by atoms with E-state index in [9.17, 15) is 8.42 Å². The molecule has 0 atom stereocenters. The molecule has 0 bridgehead atoms. The minimum Gasteiger partial charge on any atom is -0.338 e.